The average molecular weight is 455 g/mol. The van der Waals surface area contributed by atoms with Crippen molar-refractivity contribution < 1.29 is 27.5 Å². The lowest BCUT2D eigenvalue weighted by molar-refractivity contribution is -0.116. The van der Waals surface area contributed by atoms with Crippen LogP contribution in [0.3, 0.4) is 0 Å². The number of para-hydroxylation sites is 1. The minimum atomic E-state index is -4.17. The van der Waals surface area contributed by atoms with Gasteiger partial charge in [-0.3, -0.25) is 9.59 Å². The van der Waals surface area contributed by atoms with Crippen LogP contribution in [0.1, 0.15) is 10.4 Å². The van der Waals surface area contributed by atoms with Gasteiger partial charge in [0.2, 0.25) is 5.91 Å². The number of carbonyl (C=O) groups is 2. The molecule has 0 bridgehead atoms. The molecule has 0 fully saturated rings. The molecule has 2 aromatic rings. The number of nitrogens with zero attached hydrogens (tertiary/aromatic N) is 1. The molecule has 1 aliphatic rings. The van der Waals surface area contributed by atoms with Gasteiger partial charge < -0.3 is 14.8 Å². The molecule has 3 rings (SSSR count). The average Bonchev–Trinajstić information content (AvgIpc) is 2.82. The largest absolute Gasteiger partial charge is 0.493 e. The van der Waals surface area contributed by atoms with Crippen LogP contribution in [0, 0.1) is 0 Å². The Bertz CT molecular complexity index is 1040. The zero-order valence-corrected chi connectivity index (χ0v) is 16.8. The quantitative estimate of drug-likeness (QED) is 0.742. The van der Waals surface area contributed by atoms with Gasteiger partial charge in [-0.15, -0.1) is 0 Å². The minimum absolute atomic E-state index is 0.0682. The van der Waals surface area contributed by atoms with E-state index in [1.165, 1.54) is 26.4 Å². The second-order valence-electron chi connectivity index (χ2n) is 5.55. The molecule has 10 heteroatoms. The third-order valence-electron chi connectivity index (χ3n) is 3.95. The molecule has 0 radical (unpaired) electrons. The zero-order valence-electron chi connectivity index (χ0n) is 14.4. The van der Waals surface area contributed by atoms with E-state index in [1.54, 1.807) is 24.3 Å². The molecule has 0 aliphatic carbocycles. The molecule has 1 N–H and O–H groups in total. The predicted octanol–water partition coefficient (Wildman–Crippen LogP) is 2.25. The summed E-state index contributed by atoms with van der Waals surface area (Å²) in [6.07, 6.45) is 0. The maximum Gasteiger partial charge on any atom is 0.269 e. The van der Waals surface area contributed by atoms with Crippen LogP contribution in [0.15, 0.2) is 45.8 Å². The number of hydrogen-bond acceptors (Lipinski definition) is 6. The van der Waals surface area contributed by atoms with E-state index in [-0.39, 0.29) is 22.0 Å². The van der Waals surface area contributed by atoms with Gasteiger partial charge in [0.05, 0.1) is 25.5 Å². The second kappa shape index (κ2) is 7.20. The van der Waals surface area contributed by atoms with Crippen LogP contribution < -0.4 is 14.8 Å². The molecule has 0 spiro atoms. The van der Waals surface area contributed by atoms with Crippen molar-refractivity contribution in [1.29, 1.82) is 0 Å². The Balaban J connectivity index is 1.90. The van der Waals surface area contributed by atoms with Gasteiger partial charge in [-0.05, 0) is 34.1 Å². The molecular weight excluding hydrogens is 440 g/mol. The first-order valence-electron chi connectivity index (χ1n) is 7.67. The van der Waals surface area contributed by atoms with Gasteiger partial charge in [0.25, 0.3) is 15.9 Å². The third kappa shape index (κ3) is 3.37. The summed E-state index contributed by atoms with van der Waals surface area (Å²) < 4.78 is 36.8. The lowest BCUT2D eigenvalue weighted by Crippen LogP contribution is -2.37. The number of methoxy groups -OCH3 is 2. The number of benzene rings is 2. The van der Waals surface area contributed by atoms with Crippen molar-refractivity contribution in [3.63, 3.8) is 0 Å². The van der Waals surface area contributed by atoms with E-state index in [0.717, 1.165) is 0 Å². The molecule has 0 saturated heterocycles. The first-order chi connectivity index (χ1) is 12.8. The predicted molar refractivity (Wildman–Crippen MR) is 101 cm³/mol. The summed E-state index contributed by atoms with van der Waals surface area (Å²) in [5, 5.41) is 2.57. The number of amides is 2. The molecule has 27 heavy (non-hydrogen) atoms. The molecule has 1 aliphatic heterocycles. The number of carbonyl (C=O) groups excluding carboxylic acids is 2. The van der Waals surface area contributed by atoms with Gasteiger partial charge in [-0.25, -0.2) is 12.7 Å². The number of fused-ring (bicyclic) bond motifs is 1. The minimum Gasteiger partial charge on any atom is -0.493 e. The number of ether oxygens (including phenoxy) is 2. The fourth-order valence-electron chi connectivity index (χ4n) is 2.64. The van der Waals surface area contributed by atoms with Gasteiger partial charge in [-0.1, -0.05) is 12.1 Å². The van der Waals surface area contributed by atoms with Gasteiger partial charge in [-0.2, -0.15) is 0 Å². The van der Waals surface area contributed by atoms with Crippen LogP contribution in [0.5, 0.6) is 11.5 Å². The summed E-state index contributed by atoms with van der Waals surface area (Å²) >= 11 is 3.29. The topological polar surface area (TPSA) is 102 Å². The second-order valence-corrected chi connectivity index (χ2v) is 8.23. The summed E-state index contributed by atoms with van der Waals surface area (Å²) in [6, 6.07) is 9.36. The highest BCUT2D eigenvalue weighted by Crippen LogP contribution is 2.38. The Morgan fingerprint density at radius 3 is 2.41 bits per heavy atom. The van der Waals surface area contributed by atoms with Crippen molar-refractivity contribution >= 4 is 43.5 Å². The van der Waals surface area contributed by atoms with E-state index >= 15 is 0 Å². The molecule has 142 valence electrons. The summed E-state index contributed by atoms with van der Waals surface area (Å²) in [7, 11) is -1.44. The molecule has 2 amide bonds. The van der Waals surface area contributed by atoms with Crippen molar-refractivity contribution in [1.82, 2.24) is 4.31 Å². The maximum absolute atomic E-state index is 12.7. The van der Waals surface area contributed by atoms with E-state index in [0.29, 0.717) is 14.5 Å². The Hall–Kier alpha value is -2.59. The molecule has 0 aromatic heterocycles. The number of sulfonamides is 1. The monoisotopic (exact) mass is 454 g/mol. The van der Waals surface area contributed by atoms with E-state index in [2.05, 4.69) is 21.2 Å². The first kappa shape index (κ1) is 19.2. The maximum atomic E-state index is 12.7. The Morgan fingerprint density at radius 2 is 1.78 bits per heavy atom. The summed E-state index contributed by atoms with van der Waals surface area (Å²) in [6.45, 7) is -0.651. The fourth-order valence-corrected chi connectivity index (χ4v) is 4.55. The Kier molecular flexibility index (Phi) is 5.11. The van der Waals surface area contributed by atoms with Crippen molar-refractivity contribution in [3.8, 4) is 11.5 Å². The molecule has 2 aromatic carbocycles. The first-order valence-corrected chi connectivity index (χ1v) is 9.90. The highest BCUT2D eigenvalue weighted by atomic mass is 79.9. The van der Waals surface area contributed by atoms with Crippen LogP contribution >= 0.6 is 15.9 Å². The molecular formula is C17H15BrN2O6S. The Morgan fingerprint density at radius 1 is 1.15 bits per heavy atom. The molecule has 0 atom stereocenters. The van der Waals surface area contributed by atoms with Gasteiger partial charge in [0.1, 0.15) is 11.4 Å². The van der Waals surface area contributed by atoms with Gasteiger partial charge in [0.15, 0.2) is 11.5 Å². The van der Waals surface area contributed by atoms with Crippen molar-refractivity contribution in [3.05, 3.63) is 46.4 Å². The van der Waals surface area contributed by atoms with Crippen LogP contribution in [0.2, 0.25) is 0 Å². The van der Waals surface area contributed by atoms with E-state index in [4.69, 9.17) is 9.47 Å². The highest BCUT2D eigenvalue weighted by molar-refractivity contribution is 9.10. The van der Waals surface area contributed by atoms with E-state index in [9.17, 15) is 18.0 Å². The molecule has 8 nitrogen and oxygen atoms in total. The van der Waals surface area contributed by atoms with Crippen molar-refractivity contribution in [2.24, 2.45) is 0 Å². The number of halogens is 1. The summed E-state index contributed by atoms with van der Waals surface area (Å²) in [5.41, 5.74) is 0.397. The van der Waals surface area contributed by atoms with Crippen LogP contribution in [-0.2, 0) is 14.8 Å². The molecule has 0 saturated carbocycles. The zero-order chi connectivity index (χ0) is 19.8. The number of nitrogens with one attached hydrogen (secondary N) is 1. The molecule has 1 heterocycles. The van der Waals surface area contributed by atoms with Crippen LogP contribution in [-0.4, -0.2) is 45.3 Å². The molecule has 0 unspecified atom stereocenters. The number of rotatable bonds is 5. The van der Waals surface area contributed by atoms with Crippen molar-refractivity contribution in [2.75, 3.05) is 26.1 Å². The SMILES string of the molecule is COc1cc2c(cc1OC)S(=O)(=O)N(CC(=O)Nc1ccccc1Br)C2=O. The van der Waals surface area contributed by atoms with Crippen LogP contribution in [0.4, 0.5) is 5.69 Å². The lowest BCUT2D eigenvalue weighted by atomic mass is 10.2. The van der Waals surface area contributed by atoms with Gasteiger partial charge in [0, 0.05) is 10.5 Å². The van der Waals surface area contributed by atoms with E-state index < -0.39 is 28.4 Å². The Labute approximate surface area is 164 Å². The number of anilines is 1. The van der Waals surface area contributed by atoms with E-state index in [1.807, 2.05) is 0 Å². The summed E-state index contributed by atoms with van der Waals surface area (Å²) in [5.74, 6) is -1.05. The summed E-state index contributed by atoms with van der Waals surface area (Å²) in [4.78, 5) is 24.7. The normalized spacial score (nSPS) is 14.6. The third-order valence-corrected chi connectivity index (χ3v) is 6.41. The fraction of sp³-hybridized carbons (Fsp3) is 0.176. The van der Waals surface area contributed by atoms with Gasteiger partial charge >= 0.3 is 0 Å². The van der Waals surface area contributed by atoms with Crippen molar-refractivity contribution in [2.45, 2.75) is 4.90 Å². The lowest BCUT2D eigenvalue weighted by Gasteiger charge is -2.15. The van der Waals surface area contributed by atoms with Crippen LogP contribution in [0.25, 0.3) is 0 Å². The highest BCUT2D eigenvalue weighted by Gasteiger charge is 2.43. The number of hydrogen-bond donors (Lipinski definition) is 1. The standard InChI is InChI=1S/C17H15BrN2O6S/c1-25-13-7-10-15(8-14(13)26-2)27(23,24)20(17(10)22)9-16(21)19-12-6-4-3-5-11(12)18/h3-8H,9H2,1-2H3,(H,19,21). The smallest absolute Gasteiger partial charge is 0.269 e.